The van der Waals surface area contributed by atoms with E-state index in [2.05, 4.69) is 4.74 Å². The fourth-order valence-electron chi connectivity index (χ4n) is 1.17. The molecule has 78 valence electrons. The van der Waals surface area contributed by atoms with E-state index in [0.717, 1.165) is 0 Å². The number of hydrogen-bond donors (Lipinski definition) is 6. The molecule has 0 aromatic rings. The van der Waals surface area contributed by atoms with E-state index in [1.165, 1.54) is 0 Å². The SMILES string of the molecule is NC(O)[C@@H]1OC(O)[C@@H](O)[C@H](O)[C@@H]1O. The van der Waals surface area contributed by atoms with Crippen LogP contribution in [0, 0.1) is 0 Å². The van der Waals surface area contributed by atoms with E-state index in [4.69, 9.17) is 26.2 Å². The molecule has 0 aromatic heterocycles. The zero-order chi connectivity index (χ0) is 10.2. The highest BCUT2D eigenvalue weighted by Crippen LogP contribution is 2.20. The summed E-state index contributed by atoms with van der Waals surface area (Å²) in [4.78, 5) is 0. The quantitative estimate of drug-likeness (QED) is 0.235. The highest BCUT2D eigenvalue weighted by molar-refractivity contribution is 4.90. The monoisotopic (exact) mass is 195 g/mol. The molecule has 7 N–H and O–H groups in total. The van der Waals surface area contributed by atoms with Crippen molar-refractivity contribution in [3.05, 3.63) is 0 Å². The summed E-state index contributed by atoms with van der Waals surface area (Å²) >= 11 is 0. The second kappa shape index (κ2) is 3.84. The van der Waals surface area contributed by atoms with Crippen molar-refractivity contribution in [3.8, 4) is 0 Å². The maximum Gasteiger partial charge on any atom is 0.184 e. The number of aliphatic hydroxyl groups excluding tert-OH is 5. The molecule has 1 rings (SSSR count). The molecule has 0 aliphatic carbocycles. The molecule has 7 heteroatoms. The van der Waals surface area contributed by atoms with Crippen LogP contribution < -0.4 is 5.73 Å². The van der Waals surface area contributed by atoms with Crippen LogP contribution >= 0.6 is 0 Å². The first-order valence-corrected chi connectivity index (χ1v) is 3.76. The Morgan fingerprint density at radius 3 is 2.00 bits per heavy atom. The van der Waals surface area contributed by atoms with Crippen molar-refractivity contribution in [2.24, 2.45) is 5.73 Å². The lowest BCUT2D eigenvalue weighted by atomic mass is 9.98. The van der Waals surface area contributed by atoms with E-state index in [1.54, 1.807) is 0 Å². The van der Waals surface area contributed by atoms with Gasteiger partial charge in [-0.25, -0.2) is 0 Å². The van der Waals surface area contributed by atoms with Gasteiger partial charge in [0.2, 0.25) is 0 Å². The van der Waals surface area contributed by atoms with Crippen molar-refractivity contribution in [1.29, 1.82) is 0 Å². The maximum absolute atomic E-state index is 9.21. The smallest absolute Gasteiger partial charge is 0.184 e. The minimum atomic E-state index is -1.67. The molecular formula is C6H13NO6. The Morgan fingerprint density at radius 2 is 1.54 bits per heavy atom. The number of rotatable bonds is 1. The lowest BCUT2D eigenvalue weighted by molar-refractivity contribution is -0.296. The summed E-state index contributed by atoms with van der Waals surface area (Å²) in [5, 5.41) is 45.2. The van der Waals surface area contributed by atoms with Gasteiger partial charge in [-0.1, -0.05) is 0 Å². The molecule has 0 amide bonds. The fourth-order valence-corrected chi connectivity index (χ4v) is 1.17. The van der Waals surface area contributed by atoms with Crippen LogP contribution in [0.1, 0.15) is 0 Å². The normalized spacial score (nSPS) is 48.9. The summed E-state index contributed by atoms with van der Waals surface area (Å²) < 4.78 is 4.56. The molecule has 0 aromatic carbocycles. The Balaban J connectivity index is 2.70. The Kier molecular flexibility index (Phi) is 3.19. The van der Waals surface area contributed by atoms with Crippen LogP contribution in [0.5, 0.6) is 0 Å². The van der Waals surface area contributed by atoms with Gasteiger partial charge in [-0.3, -0.25) is 0 Å². The summed E-state index contributed by atoms with van der Waals surface area (Å²) in [6.45, 7) is 0. The topological polar surface area (TPSA) is 136 Å². The molecule has 2 unspecified atom stereocenters. The Bertz CT molecular complexity index is 177. The van der Waals surface area contributed by atoms with Crippen molar-refractivity contribution in [3.63, 3.8) is 0 Å². The molecule has 1 aliphatic heterocycles. The lowest BCUT2D eigenvalue weighted by Crippen LogP contribution is -2.62. The molecular weight excluding hydrogens is 182 g/mol. The van der Waals surface area contributed by atoms with Crippen molar-refractivity contribution in [2.75, 3.05) is 0 Å². The highest BCUT2D eigenvalue weighted by atomic mass is 16.6. The standard InChI is InChI=1S/C6H13NO6/c7-5(11)4-2(9)1(8)3(10)6(12)13-4/h1-6,8-12H,7H2/t1-,2+,3+,4-,5?,6?/m1/s1. The summed E-state index contributed by atoms with van der Waals surface area (Å²) in [5.41, 5.74) is 4.99. The maximum atomic E-state index is 9.21. The van der Waals surface area contributed by atoms with Crippen LogP contribution in [0.25, 0.3) is 0 Å². The van der Waals surface area contributed by atoms with Gasteiger partial charge in [0.25, 0.3) is 0 Å². The largest absolute Gasteiger partial charge is 0.387 e. The molecule has 1 fully saturated rings. The Morgan fingerprint density at radius 1 is 1.00 bits per heavy atom. The molecule has 0 spiro atoms. The van der Waals surface area contributed by atoms with Gasteiger partial charge >= 0.3 is 0 Å². The van der Waals surface area contributed by atoms with Crippen LogP contribution in [-0.4, -0.2) is 62.5 Å². The second-order valence-electron chi connectivity index (χ2n) is 2.95. The summed E-state index contributed by atoms with van der Waals surface area (Å²) in [6, 6.07) is 0. The molecule has 1 heterocycles. The predicted molar refractivity (Wildman–Crippen MR) is 39.1 cm³/mol. The van der Waals surface area contributed by atoms with E-state index < -0.39 is 36.9 Å². The van der Waals surface area contributed by atoms with Crippen LogP contribution in [0.15, 0.2) is 0 Å². The van der Waals surface area contributed by atoms with E-state index in [9.17, 15) is 5.11 Å². The Hall–Kier alpha value is -0.280. The minimum absolute atomic E-state index is 1.31. The zero-order valence-corrected chi connectivity index (χ0v) is 6.69. The minimum Gasteiger partial charge on any atom is -0.387 e. The average Bonchev–Trinajstić information content (AvgIpc) is 2.07. The highest BCUT2D eigenvalue weighted by Gasteiger charge is 2.44. The van der Waals surface area contributed by atoms with Crippen molar-refractivity contribution < 1.29 is 30.3 Å². The van der Waals surface area contributed by atoms with E-state index in [-0.39, 0.29) is 0 Å². The third-order valence-corrected chi connectivity index (χ3v) is 1.96. The molecule has 1 aliphatic rings. The molecule has 13 heavy (non-hydrogen) atoms. The molecule has 1 saturated heterocycles. The van der Waals surface area contributed by atoms with Crippen LogP contribution in [0.4, 0.5) is 0 Å². The van der Waals surface area contributed by atoms with E-state index in [0.29, 0.717) is 0 Å². The lowest BCUT2D eigenvalue weighted by Gasteiger charge is -2.39. The number of hydrogen-bond acceptors (Lipinski definition) is 7. The zero-order valence-electron chi connectivity index (χ0n) is 6.69. The van der Waals surface area contributed by atoms with Gasteiger partial charge in [0.05, 0.1) is 0 Å². The summed E-state index contributed by atoms with van der Waals surface area (Å²) in [7, 11) is 0. The van der Waals surface area contributed by atoms with E-state index >= 15 is 0 Å². The van der Waals surface area contributed by atoms with Gasteiger partial charge in [0.15, 0.2) is 6.29 Å². The molecule has 0 saturated carbocycles. The first kappa shape index (κ1) is 10.8. The fraction of sp³-hybridized carbons (Fsp3) is 1.00. The number of aliphatic hydroxyl groups is 5. The van der Waals surface area contributed by atoms with Crippen molar-refractivity contribution >= 4 is 0 Å². The molecule has 0 radical (unpaired) electrons. The first-order chi connectivity index (χ1) is 5.95. The first-order valence-electron chi connectivity index (χ1n) is 3.76. The van der Waals surface area contributed by atoms with Gasteiger partial charge in [-0.2, -0.15) is 0 Å². The van der Waals surface area contributed by atoms with Gasteiger partial charge in [-0.15, -0.1) is 0 Å². The predicted octanol–water partition coefficient (Wildman–Crippen LogP) is -3.94. The van der Waals surface area contributed by atoms with E-state index in [1.807, 2.05) is 0 Å². The van der Waals surface area contributed by atoms with Gasteiger partial charge < -0.3 is 36.0 Å². The van der Waals surface area contributed by atoms with Gasteiger partial charge in [0.1, 0.15) is 30.6 Å². The van der Waals surface area contributed by atoms with Crippen LogP contribution in [-0.2, 0) is 4.74 Å². The number of nitrogens with two attached hydrogens (primary N) is 1. The van der Waals surface area contributed by atoms with Crippen LogP contribution in [0.2, 0.25) is 0 Å². The second-order valence-corrected chi connectivity index (χ2v) is 2.95. The third kappa shape index (κ3) is 1.97. The molecule has 0 bridgehead atoms. The van der Waals surface area contributed by atoms with Gasteiger partial charge in [0, 0.05) is 0 Å². The van der Waals surface area contributed by atoms with Crippen LogP contribution in [0.3, 0.4) is 0 Å². The molecule has 6 atom stereocenters. The van der Waals surface area contributed by atoms with Crippen molar-refractivity contribution in [1.82, 2.24) is 0 Å². The van der Waals surface area contributed by atoms with Gasteiger partial charge in [-0.05, 0) is 0 Å². The molecule has 7 nitrogen and oxygen atoms in total. The summed E-state index contributed by atoms with van der Waals surface area (Å²) in [6.07, 6.45) is -9.24. The summed E-state index contributed by atoms with van der Waals surface area (Å²) in [5.74, 6) is 0. The average molecular weight is 195 g/mol. The third-order valence-electron chi connectivity index (χ3n) is 1.96. The Labute approximate surface area is 74.0 Å². The van der Waals surface area contributed by atoms with Crippen molar-refractivity contribution in [2.45, 2.75) is 36.9 Å². The number of ether oxygens (including phenoxy) is 1.